The molecule has 3 N–H and O–H groups in total. The molecule has 0 amide bonds. The monoisotopic (exact) mass is 573 g/mol. The largest absolute Gasteiger partial charge is 0.349 e. The average molecular weight is 573 g/mol. The van der Waals surface area contributed by atoms with E-state index in [1.165, 1.54) is 0 Å². The molecule has 1 unspecified atom stereocenters. The minimum atomic E-state index is -0.151. The number of nitrogens with one attached hydrogen (secondary N) is 3. The van der Waals surface area contributed by atoms with Crippen LogP contribution in [-0.2, 0) is 0 Å². The van der Waals surface area contributed by atoms with Gasteiger partial charge < -0.3 is 20.9 Å². The highest BCUT2D eigenvalue weighted by Crippen LogP contribution is 2.37. The van der Waals surface area contributed by atoms with Crippen LogP contribution in [0.4, 0.5) is 11.9 Å². The molecule has 0 spiro atoms. The maximum absolute atomic E-state index is 5.16. The molecule has 41 heavy (non-hydrogen) atoms. The maximum atomic E-state index is 5.16. The van der Waals surface area contributed by atoms with Gasteiger partial charge in [0.25, 0.3) is 0 Å². The van der Waals surface area contributed by atoms with Crippen molar-refractivity contribution in [1.29, 1.82) is 0 Å². The summed E-state index contributed by atoms with van der Waals surface area (Å²) in [6.45, 7) is 34.3. The number of aryl methyl sites for hydroxylation is 1. The highest BCUT2D eigenvalue weighted by atomic mass is 15.4. The van der Waals surface area contributed by atoms with Crippen molar-refractivity contribution in [3.05, 3.63) is 5.82 Å². The summed E-state index contributed by atoms with van der Waals surface area (Å²) in [6.07, 6.45) is 5.33. The van der Waals surface area contributed by atoms with Crippen molar-refractivity contribution in [2.45, 2.75) is 182 Å². The quantitative estimate of drug-likeness (QED) is 0.304. The van der Waals surface area contributed by atoms with Crippen LogP contribution in [0, 0.1) is 12.3 Å². The molecule has 2 saturated heterocycles. The zero-order valence-electron chi connectivity index (χ0n) is 29.5. The first kappa shape index (κ1) is 34.0. The Kier molecular flexibility index (Phi) is 9.29. The summed E-state index contributed by atoms with van der Waals surface area (Å²) in [5.74, 6) is 2.19. The molecular formula is C33H64N8. The molecule has 8 heteroatoms. The Balaban J connectivity index is 2.05. The standard InChI is InChI=1S/C33H64N8/c1-22-34-26(37-33(14,15)21-28(3,4)5)36-27(35-22)41(25-19-31(10,11)39-32(12,13)20-25)23(2)40(16)24-17-29(6,7)38-30(8,9)18-24/h23-25,38-39H,17-21H2,1-16H3,(H,34,35,36,37). The van der Waals surface area contributed by atoms with Crippen molar-refractivity contribution in [2.75, 3.05) is 17.3 Å². The zero-order valence-corrected chi connectivity index (χ0v) is 29.5. The van der Waals surface area contributed by atoms with E-state index in [0.29, 0.717) is 12.0 Å². The fourth-order valence-corrected chi connectivity index (χ4v) is 8.47. The number of hydrogen-bond acceptors (Lipinski definition) is 8. The van der Waals surface area contributed by atoms with Gasteiger partial charge in [-0.15, -0.1) is 0 Å². The van der Waals surface area contributed by atoms with Crippen LogP contribution in [0.3, 0.4) is 0 Å². The Labute approximate surface area is 252 Å². The number of piperidine rings is 2. The number of anilines is 2. The summed E-state index contributed by atoms with van der Waals surface area (Å²) in [5, 5.41) is 11.4. The first-order chi connectivity index (χ1) is 18.3. The van der Waals surface area contributed by atoms with Gasteiger partial charge in [0.2, 0.25) is 11.9 Å². The van der Waals surface area contributed by atoms with E-state index in [4.69, 9.17) is 15.0 Å². The summed E-state index contributed by atoms with van der Waals surface area (Å²) in [7, 11) is 2.30. The SMILES string of the molecule is Cc1nc(NC(C)(C)CC(C)(C)C)nc(N(C2CC(C)(C)NC(C)(C)C2)C(C)N(C)C2CC(C)(C)NC(C)(C)C2)n1. The van der Waals surface area contributed by atoms with Crippen LogP contribution in [-0.4, -0.2) is 72.8 Å². The van der Waals surface area contributed by atoms with Crippen LogP contribution in [0.2, 0.25) is 0 Å². The van der Waals surface area contributed by atoms with Gasteiger partial charge in [-0.3, -0.25) is 4.90 Å². The van der Waals surface area contributed by atoms with Gasteiger partial charge in [0.15, 0.2) is 0 Å². The minimum absolute atomic E-state index is 0.000443. The molecule has 1 atom stereocenters. The van der Waals surface area contributed by atoms with E-state index in [0.717, 1.165) is 43.9 Å². The summed E-state index contributed by atoms with van der Waals surface area (Å²) >= 11 is 0. The van der Waals surface area contributed by atoms with E-state index >= 15 is 0 Å². The number of hydrogen-bond donors (Lipinski definition) is 3. The molecule has 0 aromatic carbocycles. The molecule has 8 nitrogen and oxygen atoms in total. The third kappa shape index (κ3) is 9.49. The molecule has 0 aliphatic carbocycles. The van der Waals surface area contributed by atoms with Crippen molar-refractivity contribution in [1.82, 2.24) is 30.5 Å². The van der Waals surface area contributed by atoms with Gasteiger partial charge in [0, 0.05) is 39.8 Å². The van der Waals surface area contributed by atoms with Crippen LogP contribution >= 0.6 is 0 Å². The van der Waals surface area contributed by atoms with Crippen molar-refractivity contribution < 1.29 is 0 Å². The fraction of sp³-hybridized carbons (Fsp3) is 0.909. The van der Waals surface area contributed by atoms with Crippen molar-refractivity contribution in [3.8, 4) is 0 Å². The fourth-order valence-electron chi connectivity index (χ4n) is 8.47. The Morgan fingerprint density at radius 3 is 1.66 bits per heavy atom. The molecule has 3 heterocycles. The van der Waals surface area contributed by atoms with Crippen molar-refractivity contribution in [2.24, 2.45) is 5.41 Å². The molecule has 236 valence electrons. The molecule has 1 aromatic heterocycles. The highest BCUT2D eigenvalue weighted by molar-refractivity contribution is 5.41. The van der Waals surface area contributed by atoms with Gasteiger partial charge in [-0.05, 0) is 128 Å². The lowest BCUT2D eigenvalue weighted by Crippen LogP contribution is -2.67. The predicted molar refractivity (Wildman–Crippen MR) is 175 cm³/mol. The smallest absolute Gasteiger partial charge is 0.231 e. The predicted octanol–water partition coefficient (Wildman–Crippen LogP) is 6.51. The van der Waals surface area contributed by atoms with Crippen molar-refractivity contribution in [3.63, 3.8) is 0 Å². The Morgan fingerprint density at radius 2 is 1.22 bits per heavy atom. The topological polar surface area (TPSA) is 81.2 Å². The molecule has 3 rings (SSSR count). The number of nitrogens with zero attached hydrogens (tertiary/aromatic N) is 5. The van der Waals surface area contributed by atoms with Gasteiger partial charge in [0.1, 0.15) is 5.82 Å². The summed E-state index contributed by atoms with van der Waals surface area (Å²) in [5.41, 5.74) is 0.181. The summed E-state index contributed by atoms with van der Waals surface area (Å²) in [4.78, 5) is 20.1. The third-order valence-corrected chi connectivity index (χ3v) is 8.69. The lowest BCUT2D eigenvalue weighted by molar-refractivity contribution is 0.0520. The Hall–Kier alpha value is -1.51. The summed E-state index contributed by atoms with van der Waals surface area (Å²) in [6, 6.07) is 0.714. The van der Waals surface area contributed by atoms with E-state index in [1.54, 1.807) is 0 Å². The molecular weight excluding hydrogens is 508 g/mol. The van der Waals surface area contributed by atoms with Gasteiger partial charge >= 0.3 is 0 Å². The van der Waals surface area contributed by atoms with E-state index in [1.807, 2.05) is 6.92 Å². The second-order valence-electron chi connectivity index (χ2n) is 17.9. The lowest BCUT2D eigenvalue weighted by Gasteiger charge is -2.54. The lowest BCUT2D eigenvalue weighted by atomic mass is 9.78. The molecule has 2 fully saturated rings. The molecule has 2 aliphatic rings. The second-order valence-corrected chi connectivity index (χ2v) is 17.9. The van der Waals surface area contributed by atoms with E-state index < -0.39 is 0 Å². The second kappa shape index (κ2) is 11.2. The Bertz CT molecular complexity index is 1020. The van der Waals surface area contributed by atoms with Gasteiger partial charge in [-0.25, -0.2) is 0 Å². The molecule has 0 radical (unpaired) electrons. The number of rotatable bonds is 8. The van der Waals surface area contributed by atoms with Crippen LogP contribution in [0.1, 0.15) is 135 Å². The first-order valence-electron chi connectivity index (χ1n) is 15.9. The maximum Gasteiger partial charge on any atom is 0.231 e. The Morgan fingerprint density at radius 1 is 0.780 bits per heavy atom. The van der Waals surface area contributed by atoms with Crippen LogP contribution < -0.4 is 20.9 Å². The summed E-state index contributed by atoms with van der Waals surface area (Å²) < 4.78 is 0. The zero-order chi connectivity index (χ0) is 31.4. The van der Waals surface area contributed by atoms with Gasteiger partial charge in [-0.1, -0.05) is 20.8 Å². The third-order valence-electron chi connectivity index (χ3n) is 8.69. The van der Waals surface area contributed by atoms with E-state index in [9.17, 15) is 0 Å². The van der Waals surface area contributed by atoms with Crippen LogP contribution in [0.15, 0.2) is 0 Å². The minimum Gasteiger partial charge on any atom is -0.349 e. The average Bonchev–Trinajstić information content (AvgIpc) is 2.65. The van der Waals surface area contributed by atoms with Crippen LogP contribution in [0.25, 0.3) is 0 Å². The normalized spacial score (nSPS) is 23.8. The number of aromatic nitrogens is 3. The van der Waals surface area contributed by atoms with E-state index in [2.05, 4.69) is 130 Å². The molecule has 2 aliphatic heterocycles. The molecule has 0 bridgehead atoms. The van der Waals surface area contributed by atoms with Crippen molar-refractivity contribution >= 4 is 11.9 Å². The van der Waals surface area contributed by atoms with Gasteiger partial charge in [0.05, 0.1) is 6.17 Å². The first-order valence-corrected chi connectivity index (χ1v) is 15.9. The van der Waals surface area contributed by atoms with E-state index in [-0.39, 0.29) is 45.3 Å². The molecule has 1 aromatic rings. The molecule has 0 saturated carbocycles. The van der Waals surface area contributed by atoms with Gasteiger partial charge in [-0.2, -0.15) is 15.0 Å². The highest BCUT2D eigenvalue weighted by Gasteiger charge is 2.45. The van der Waals surface area contributed by atoms with Crippen LogP contribution in [0.5, 0.6) is 0 Å².